The predicted octanol–water partition coefficient (Wildman–Crippen LogP) is 4.17. The van der Waals surface area contributed by atoms with E-state index in [9.17, 15) is 23.2 Å². The maximum Gasteiger partial charge on any atom is 0.407 e. The summed E-state index contributed by atoms with van der Waals surface area (Å²) >= 11 is 0. The number of carbonyl (C=O) groups excluding carboxylic acids is 2. The highest BCUT2D eigenvalue weighted by Crippen LogP contribution is 2.54. The molecular formula is C26H28F2N2O5. The van der Waals surface area contributed by atoms with Gasteiger partial charge in [0, 0.05) is 24.9 Å². The van der Waals surface area contributed by atoms with E-state index in [2.05, 4.69) is 22.8 Å². The molecule has 3 atom stereocenters. The summed E-state index contributed by atoms with van der Waals surface area (Å²) in [6.45, 7) is 1.63. The lowest BCUT2D eigenvalue weighted by molar-refractivity contribution is -0.141. The van der Waals surface area contributed by atoms with Gasteiger partial charge in [-0.25, -0.2) is 13.6 Å². The highest BCUT2D eigenvalue weighted by atomic mass is 19.3. The van der Waals surface area contributed by atoms with Crippen LogP contribution in [0.3, 0.4) is 0 Å². The molecule has 0 radical (unpaired) electrons. The van der Waals surface area contributed by atoms with Crippen molar-refractivity contribution in [3.05, 3.63) is 59.7 Å². The largest absolute Gasteiger partial charge is 0.481 e. The molecule has 1 fully saturated rings. The summed E-state index contributed by atoms with van der Waals surface area (Å²) in [6, 6.07) is 15.9. The third-order valence-electron chi connectivity index (χ3n) is 6.74. The number of benzene rings is 2. The highest BCUT2D eigenvalue weighted by Gasteiger charge is 2.72. The Bertz CT molecular complexity index is 1080. The number of amides is 2. The smallest absolute Gasteiger partial charge is 0.407 e. The van der Waals surface area contributed by atoms with E-state index in [4.69, 9.17) is 9.84 Å². The molecular weight excluding hydrogens is 458 g/mol. The van der Waals surface area contributed by atoms with E-state index < -0.39 is 35.7 Å². The Kier molecular flexibility index (Phi) is 7.05. The van der Waals surface area contributed by atoms with Crippen molar-refractivity contribution < 1.29 is 33.0 Å². The average Bonchev–Trinajstić information content (AvgIpc) is 3.23. The molecule has 0 aromatic heterocycles. The molecule has 2 aromatic carbocycles. The van der Waals surface area contributed by atoms with Gasteiger partial charge in [-0.1, -0.05) is 48.5 Å². The van der Waals surface area contributed by atoms with E-state index in [1.165, 1.54) is 0 Å². The fourth-order valence-corrected chi connectivity index (χ4v) is 4.78. The minimum atomic E-state index is -3.28. The van der Waals surface area contributed by atoms with Gasteiger partial charge in [0.2, 0.25) is 5.91 Å². The van der Waals surface area contributed by atoms with Gasteiger partial charge in [-0.15, -0.1) is 0 Å². The van der Waals surface area contributed by atoms with Crippen LogP contribution in [0, 0.1) is 11.8 Å². The molecule has 4 rings (SSSR count). The summed E-state index contributed by atoms with van der Waals surface area (Å²) in [5, 5.41) is 13.9. The third kappa shape index (κ3) is 5.28. The van der Waals surface area contributed by atoms with Gasteiger partial charge in [0.05, 0.1) is 5.92 Å². The number of aliphatic carboxylic acids is 1. The quantitative estimate of drug-likeness (QED) is 0.468. The number of rotatable bonds is 10. The fourth-order valence-electron chi connectivity index (χ4n) is 4.78. The molecule has 0 aliphatic heterocycles. The summed E-state index contributed by atoms with van der Waals surface area (Å²) in [4.78, 5) is 35.0. The summed E-state index contributed by atoms with van der Waals surface area (Å²) in [5.74, 6) is -8.39. The summed E-state index contributed by atoms with van der Waals surface area (Å²) in [5.41, 5.74) is 4.54. The molecule has 0 spiro atoms. The molecule has 186 valence electrons. The van der Waals surface area contributed by atoms with Crippen LogP contribution in [0.4, 0.5) is 13.6 Å². The Balaban J connectivity index is 1.16. The summed E-state index contributed by atoms with van der Waals surface area (Å²) < 4.78 is 32.2. The molecule has 2 amide bonds. The van der Waals surface area contributed by atoms with Gasteiger partial charge >= 0.3 is 12.1 Å². The van der Waals surface area contributed by atoms with Crippen LogP contribution in [0.1, 0.15) is 43.2 Å². The van der Waals surface area contributed by atoms with Crippen molar-refractivity contribution in [1.82, 2.24) is 10.6 Å². The predicted molar refractivity (Wildman–Crippen MR) is 124 cm³/mol. The minimum Gasteiger partial charge on any atom is -0.481 e. The van der Waals surface area contributed by atoms with E-state index in [0.717, 1.165) is 22.3 Å². The van der Waals surface area contributed by atoms with Gasteiger partial charge in [-0.3, -0.25) is 9.59 Å². The number of alkyl halides is 2. The Morgan fingerprint density at radius 1 is 1.06 bits per heavy atom. The standard InChI is InChI=1S/C26H28F2N2O5/c1-15(7-6-12-22(31)29-13-21-23(24(32)33)26(21,27)28)30-25(34)35-14-20-18-10-4-2-8-16(18)17-9-3-5-11-19(17)20/h2-5,8-11,15,20-21,23H,6-7,12-14H2,1H3,(H,29,31)(H,30,34)(H,32,33). The number of carbonyl (C=O) groups is 3. The highest BCUT2D eigenvalue weighted by molar-refractivity contribution is 5.79. The molecule has 0 saturated heterocycles. The number of hydrogen-bond donors (Lipinski definition) is 3. The maximum atomic E-state index is 13.4. The van der Waals surface area contributed by atoms with E-state index in [1.54, 1.807) is 6.92 Å². The monoisotopic (exact) mass is 486 g/mol. The van der Waals surface area contributed by atoms with E-state index in [1.807, 2.05) is 36.4 Å². The number of alkyl carbamates (subject to hydrolysis) is 1. The van der Waals surface area contributed by atoms with Gasteiger partial charge in [0.25, 0.3) is 5.92 Å². The van der Waals surface area contributed by atoms with Crippen LogP contribution >= 0.6 is 0 Å². The van der Waals surface area contributed by atoms with Crippen molar-refractivity contribution in [2.75, 3.05) is 13.2 Å². The maximum absolute atomic E-state index is 13.4. The van der Waals surface area contributed by atoms with E-state index >= 15 is 0 Å². The number of halogens is 2. The molecule has 0 heterocycles. The number of carboxylic acid groups (broad SMARTS) is 1. The van der Waals surface area contributed by atoms with Gasteiger partial charge in [-0.05, 0) is 42.0 Å². The molecule has 9 heteroatoms. The van der Waals surface area contributed by atoms with E-state index in [0.29, 0.717) is 12.8 Å². The number of fused-ring (bicyclic) bond motifs is 3. The first kappa shape index (κ1) is 24.6. The molecule has 7 nitrogen and oxygen atoms in total. The molecule has 3 N–H and O–H groups in total. The molecule has 2 aromatic rings. The van der Waals surface area contributed by atoms with Crippen LogP contribution in [0.15, 0.2) is 48.5 Å². The number of ether oxygens (including phenoxy) is 1. The van der Waals surface area contributed by atoms with Crippen LogP contribution < -0.4 is 10.6 Å². The lowest BCUT2D eigenvalue weighted by Crippen LogP contribution is -2.34. The topological polar surface area (TPSA) is 105 Å². The molecule has 2 aliphatic carbocycles. The van der Waals surface area contributed by atoms with Crippen molar-refractivity contribution in [3.63, 3.8) is 0 Å². The van der Waals surface area contributed by atoms with Crippen molar-refractivity contribution in [1.29, 1.82) is 0 Å². The molecule has 35 heavy (non-hydrogen) atoms. The van der Waals surface area contributed by atoms with Crippen LogP contribution in [0.2, 0.25) is 0 Å². The first-order valence-corrected chi connectivity index (χ1v) is 11.7. The normalized spacial score (nSPS) is 20.3. The van der Waals surface area contributed by atoms with Crippen LogP contribution in [0.25, 0.3) is 11.1 Å². The summed E-state index contributed by atoms with van der Waals surface area (Å²) in [6.07, 6.45) is 0.474. The van der Waals surface area contributed by atoms with Crippen molar-refractivity contribution in [2.45, 2.75) is 44.1 Å². The van der Waals surface area contributed by atoms with Crippen molar-refractivity contribution >= 4 is 18.0 Å². The van der Waals surface area contributed by atoms with Gasteiger partial charge < -0.3 is 20.5 Å². The van der Waals surface area contributed by atoms with Crippen LogP contribution in [-0.2, 0) is 14.3 Å². The number of nitrogens with one attached hydrogen (secondary N) is 2. The zero-order valence-electron chi connectivity index (χ0n) is 19.3. The first-order chi connectivity index (χ1) is 16.7. The van der Waals surface area contributed by atoms with Crippen LogP contribution in [0.5, 0.6) is 0 Å². The molecule has 1 saturated carbocycles. The molecule has 0 bridgehead atoms. The average molecular weight is 487 g/mol. The van der Waals surface area contributed by atoms with Gasteiger partial charge in [-0.2, -0.15) is 0 Å². The Hall–Kier alpha value is -3.49. The summed E-state index contributed by atoms with van der Waals surface area (Å²) in [7, 11) is 0. The third-order valence-corrected chi connectivity index (χ3v) is 6.74. The zero-order chi connectivity index (χ0) is 25.2. The Morgan fingerprint density at radius 3 is 2.23 bits per heavy atom. The van der Waals surface area contributed by atoms with Crippen LogP contribution in [-0.4, -0.2) is 48.2 Å². The number of hydrogen-bond acceptors (Lipinski definition) is 4. The second-order valence-corrected chi connectivity index (χ2v) is 9.16. The van der Waals surface area contributed by atoms with Crippen molar-refractivity contribution in [2.24, 2.45) is 11.8 Å². The zero-order valence-corrected chi connectivity index (χ0v) is 19.3. The SMILES string of the molecule is CC(CCCC(=O)NCC1C(C(=O)O)C1(F)F)NC(=O)OCC1c2ccccc2-c2ccccc21. The second-order valence-electron chi connectivity index (χ2n) is 9.16. The Labute approximate surface area is 201 Å². The fraction of sp³-hybridized carbons (Fsp3) is 0.423. The molecule has 2 aliphatic rings. The first-order valence-electron chi connectivity index (χ1n) is 11.7. The minimum absolute atomic E-state index is 0.0354. The van der Waals surface area contributed by atoms with Gasteiger partial charge in [0.1, 0.15) is 12.5 Å². The van der Waals surface area contributed by atoms with Gasteiger partial charge in [0.15, 0.2) is 0 Å². The number of carboxylic acids is 1. The lowest BCUT2D eigenvalue weighted by atomic mass is 9.98. The lowest BCUT2D eigenvalue weighted by Gasteiger charge is -2.17. The van der Waals surface area contributed by atoms with Crippen molar-refractivity contribution in [3.8, 4) is 11.1 Å². The van der Waals surface area contributed by atoms with E-state index in [-0.39, 0.29) is 31.5 Å². The Morgan fingerprint density at radius 2 is 1.66 bits per heavy atom. The second kappa shape index (κ2) is 10.0. The molecule has 3 unspecified atom stereocenters.